The van der Waals surface area contributed by atoms with E-state index < -0.39 is 5.54 Å². The van der Waals surface area contributed by atoms with Crippen LogP contribution in [0.25, 0.3) is 0 Å². The van der Waals surface area contributed by atoms with Gasteiger partial charge in [-0.2, -0.15) is 11.8 Å². The number of nitrogens with one attached hydrogen (secondary N) is 1. The Morgan fingerprint density at radius 1 is 1.33 bits per heavy atom. The summed E-state index contributed by atoms with van der Waals surface area (Å²) in [7, 11) is 0. The first-order valence-electron chi connectivity index (χ1n) is 7.72. The number of benzene rings is 1. The van der Waals surface area contributed by atoms with E-state index >= 15 is 0 Å². The Labute approximate surface area is 131 Å². The van der Waals surface area contributed by atoms with Gasteiger partial charge in [0.15, 0.2) is 0 Å². The largest absolute Gasteiger partial charge is 0.320 e. The average molecular weight is 304 g/mol. The van der Waals surface area contributed by atoms with E-state index in [1.54, 1.807) is 0 Å². The van der Waals surface area contributed by atoms with Crippen LogP contribution in [0.1, 0.15) is 44.8 Å². The predicted molar refractivity (Wildman–Crippen MR) is 88.2 cm³/mol. The Morgan fingerprint density at radius 3 is 2.52 bits per heavy atom. The SMILES string of the molecule is CCC1(C)NC(c2ccccc2)N(CC2(SC)CC2)C1=O. The highest BCUT2D eigenvalue weighted by Gasteiger charge is 2.52. The molecule has 1 N–H and O–H groups in total. The quantitative estimate of drug-likeness (QED) is 0.907. The molecule has 3 rings (SSSR count). The van der Waals surface area contributed by atoms with Crippen LogP contribution in [0, 0.1) is 0 Å². The van der Waals surface area contributed by atoms with Gasteiger partial charge in [0.05, 0.1) is 5.54 Å². The lowest BCUT2D eigenvalue weighted by atomic mass is 9.99. The van der Waals surface area contributed by atoms with E-state index in [1.807, 2.05) is 36.9 Å². The van der Waals surface area contributed by atoms with E-state index in [0.717, 1.165) is 13.0 Å². The van der Waals surface area contributed by atoms with Crippen molar-refractivity contribution >= 4 is 17.7 Å². The molecule has 3 nitrogen and oxygen atoms in total. The smallest absolute Gasteiger partial charge is 0.244 e. The summed E-state index contributed by atoms with van der Waals surface area (Å²) in [4.78, 5) is 15.0. The first-order chi connectivity index (χ1) is 10.0. The number of amides is 1. The molecular weight excluding hydrogens is 280 g/mol. The molecule has 1 aliphatic carbocycles. The van der Waals surface area contributed by atoms with Crippen LogP contribution in [0.15, 0.2) is 30.3 Å². The number of nitrogens with zero attached hydrogens (tertiary/aromatic N) is 1. The van der Waals surface area contributed by atoms with E-state index in [4.69, 9.17) is 0 Å². The molecule has 1 saturated heterocycles. The Bertz CT molecular complexity index is 529. The van der Waals surface area contributed by atoms with Crippen LogP contribution < -0.4 is 5.32 Å². The summed E-state index contributed by atoms with van der Waals surface area (Å²) >= 11 is 1.91. The molecule has 4 heteroatoms. The lowest BCUT2D eigenvalue weighted by Gasteiger charge is -2.28. The van der Waals surface area contributed by atoms with Crippen molar-refractivity contribution < 1.29 is 4.79 Å². The molecule has 1 aromatic carbocycles. The number of rotatable bonds is 5. The Balaban J connectivity index is 1.90. The first kappa shape index (κ1) is 14.9. The second-order valence-corrected chi connectivity index (χ2v) is 7.74. The van der Waals surface area contributed by atoms with Crippen LogP contribution in [0.2, 0.25) is 0 Å². The number of thioether (sulfide) groups is 1. The third-order valence-electron chi connectivity index (χ3n) is 5.02. The van der Waals surface area contributed by atoms with Crippen LogP contribution in [-0.4, -0.2) is 33.9 Å². The van der Waals surface area contributed by atoms with Crippen molar-refractivity contribution in [2.24, 2.45) is 0 Å². The summed E-state index contributed by atoms with van der Waals surface area (Å²) < 4.78 is 0.295. The van der Waals surface area contributed by atoms with Crippen LogP contribution in [0.3, 0.4) is 0 Å². The lowest BCUT2D eigenvalue weighted by Crippen LogP contribution is -2.43. The van der Waals surface area contributed by atoms with Gasteiger partial charge >= 0.3 is 0 Å². The minimum atomic E-state index is -0.436. The molecule has 0 aromatic heterocycles. The second-order valence-electron chi connectivity index (χ2n) is 6.46. The summed E-state index contributed by atoms with van der Waals surface area (Å²) in [5, 5.41) is 3.57. The fraction of sp³-hybridized carbons (Fsp3) is 0.588. The minimum absolute atomic E-state index is 0.00766. The van der Waals surface area contributed by atoms with Gasteiger partial charge in [-0.05, 0) is 38.0 Å². The molecule has 2 unspecified atom stereocenters. The molecule has 2 atom stereocenters. The van der Waals surface area contributed by atoms with Gasteiger partial charge in [-0.3, -0.25) is 10.1 Å². The zero-order valence-electron chi connectivity index (χ0n) is 13.1. The topological polar surface area (TPSA) is 32.3 Å². The molecule has 1 aliphatic heterocycles. The van der Waals surface area contributed by atoms with Crippen molar-refractivity contribution in [2.45, 2.75) is 49.6 Å². The predicted octanol–water partition coefficient (Wildman–Crippen LogP) is 3.18. The Morgan fingerprint density at radius 2 is 2.00 bits per heavy atom. The molecule has 1 heterocycles. The molecular formula is C17H24N2OS. The molecule has 0 radical (unpaired) electrons. The molecule has 0 bridgehead atoms. The summed E-state index contributed by atoms with van der Waals surface area (Å²) in [5.41, 5.74) is 0.745. The monoisotopic (exact) mass is 304 g/mol. The molecule has 21 heavy (non-hydrogen) atoms. The Hall–Kier alpha value is -1.00. The fourth-order valence-corrected chi connectivity index (χ4v) is 3.85. The zero-order chi connectivity index (χ0) is 15.1. The maximum atomic E-state index is 12.9. The molecule has 0 spiro atoms. The number of carbonyl (C=O) groups is 1. The van der Waals surface area contributed by atoms with E-state index in [-0.39, 0.29) is 12.1 Å². The van der Waals surface area contributed by atoms with Gasteiger partial charge in [-0.15, -0.1) is 0 Å². The van der Waals surface area contributed by atoms with Gasteiger partial charge in [0, 0.05) is 11.3 Å². The maximum Gasteiger partial charge on any atom is 0.244 e. The van der Waals surface area contributed by atoms with Gasteiger partial charge in [0.2, 0.25) is 5.91 Å². The van der Waals surface area contributed by atoms with E-state index in [0.29, 0.717) is 4.75 Å². The number of hydrogen-bond donors (Lipinski definition) is 1. The minimum Gasteiger partial charge on any atom is -0.320 e. The van der Waals surface area contributed by atoms with E-state index in [1.165, 1.54) is 18.4 Å². The van der Waals surface area contributed by atoms with Gasteiger partial charge in [0.1, 0.15) is 6.17 Å². The highest BCUT2D eigenvalue weighted by molar-refractivity contribution is 8.00. The third kappa shape index (κ3) is 2.59. The van der Waals surface area contributed by atoms with Gasteiger partial charge in [-0.1, -0.05) is 37.3 Å². The lowest BCUT2D eigenvalue weighted by molar-refractivity contribution is -0.133. The normalized spacial score (nSPS) is 30.7. The number of carbonyl (C=O) groups excluding carboxylic acids is 1. The summed E-state index contributed by atoms with van der Waals surface area (Å²) in [6.07, 6.45) is 5.44. The van der Waals surface area contributed by atoms with Crippen LogP contribution in [0.4, 0.5) is 0 Å². The van der Waals surface area contributed by atoms with Crippen LogP contribution in [-0.2, 0) is 4.79 Å². The summed E-state index contributed by atoms with van der Waals surface area (Å²) in [6, 6.07) is 10.3. The summed E-state index contributed by atoms with van der Waals surface area (Å²) in [5.74, 6) is 0.249. The molecule has 1 amide bonds. The summed E-state index contributed by atoms with van der Waals surface area (Å²) in [6.45, 7) is 4.97. The number of hydrogen-bond acceptors (Lipinski definition) is 3. The van der Waals surface area contributed by atoms with Gasteiger partial charge in [0.25, 0.3) is 0 Å². The fourth-order valence-electron chi connectivity index (χ4n) is 3.07. The van der Waals surface area contributed by atoms with Crippen molar-refractivity contribution in [1.82, 2.24) is 10.2 Å². The second kappa shape index (κ2) is 5.33. The van der Waals surface area contributed by atoms with Gasteiger partial charge < -0.3 is 4.90 Å². The highest BCUT2D eigenvalue weighted by Crippen LogP contribution is 2.49. The molecule has 2 fully saturated rings. The molecule has 114 valence electrons. The van der Waals surface area contributed by atoms with Crippen molar-refractivity contribution in [3.63, 3.8) is 0 Å². The van der Waals surface area contributed by atoms with Crippen molar-refractivity contribution in [3.05, 3.63) is 35.9 Å². The van der Waals surface area contributed by atoms with Crippen molar-refractivity contribution in [1.29, 1.82) is 0 Å². The van der Waals surface area contributed by atoms with E-state index in [9.17, 15) is 4.79 Å². The zero-order valence-corrected chi connectivity index (χ0v) is 13.9. The van der Waals surface area contributed by atoms with E-state index in [2.05, 4.69) is 35.5 Å². The van der Waals surface area contributed by atoms with Crippen LogP contribution in [0.5, 0.6) is 0 Å². The van der Waals surface area contributed by atoms with Crippen molar-refractivity contribution in [2.75, 3.05) is 12.8 Å². The third-order valence-corrected chi connectivity index (χ3v) is 6.42. The van der Waals surface area contributed by atoms with Gasteiger partial charge in [-0.25, -0.2) is 0 Å². The maximum absolute atomic E-state index is 12.9. The first-order valence-corrected chi connectivity index (χ1v) is 8.95. The molecule has 1 saturated carbocycles. The standard InChI is InChI=1S/C17H24N2OS/c1-4-16(2)15(20)19(12-17(21-3)10-11-17)14(18-16)13-8-6-5-7-9-13/h5-9,14,18H,4,10-12H2,1-3H3. The van der Waals surface area contributed by atoms with Crippen molar-refractivity contribution in [3.8, 4) is 0 Å². The Kier molecular flexibility index (Phi) is 3.78. The highest BCUT2D eigenvalue weighted by atomic mass is 32.2. The molecule has 2 aliphatic rings. The average Bonchev–Trinajstić information content (AvgIpc) is 3.26. The van der Waals surface area contributed by atoms with Crippen LogP contribution >= 0.6 is 11.8 Å². The molecule has 1 aromatic rings.